The summed E-state index contributed by atoms with van der Waals surface area (Å²) in [5, 5.41) is 4.09. The number of fused-ring (bicyclic) bond motifs is 1. The Morgan fingerprint density at radius 3 is 2.62 bits per heavy atom. The lowest BCUT2D eigenvalue weighted by molar-refractivity contribution is -0.129. The number of carbonyl (C=O) groups is 1. The Balaban J connectivity index is 0.00000220. The zero-order valence-corrected chi connectivity index (χ0v) is 13.8. The second kappa shape index (κ2) is 7.48. The van der Waals surface area contributed by atoms with Gasteiger partial charge in [-0.1, -0.05) is 0 Å². The third-order valence-corrected chi connectivity index (χ3v) is 3.73. The van der Waals surface area contributed by atoms with E-state index in [1.54, 1.807) is 11.2 Å². The molecule has 1 N–H and O–H groups in total. The number of furan rings is 1. The fraction of sp³-hybridized carbons (Fsp3) is 0.438. The zero-order valence-electron chi connectivity index (χ0n) is 13.0. The summed E-state index contributed by atoms with van der Waals surface area (Å²) in [5.74, 6) is 0.112. The second-order valence-electron chi connectivity index (χ2n) is 5.29. The first-order valence-corrected chi connectivity index (χ1v) is 6.89. The molecule has 0 aliphatic carbocycles. The minimum Gasteiger partial charge on any atom is -0.464 e. The largest absolute Gasteiger partial charge is 0.464 e. The standard InChI is InChI=1S/C16H22N2O2.ClH/c1-11-7-14-13(10-20-15(14)8-12(11)2)9-16(19)18(4)6-5-17-3;/h7-8,10,17H,5-6,9H2,1-4H3;1H. The van der Waals surface area contributed by atoms with Gasteiger partial charge in [0.1, 0.15) is 5.58 Å². The first kappa shape index (κ1) is 17.5. The highest BCUT2D eigenvalue weighted by molar-refractivity contribution is 5.88. The zero-order chi connectivity index (χ0) is 14.7. The van der Waals surface area contributed by atoms with Crippen LogP contribution in [0.25, 0.3) is 11.0 Å². The van der Waals surface area contributed by atoms with Crippen molar-refractivity contribution in [2.75, 3.05) is 27.2 Å². The van der Waals surface area contributed by atoms with Crippen molar-refractivity contribution in [3.63, 3.8) is 0 Å². The van der Waals surface area contributed by atoms with Gasteiger partial charge in [0.15, 0.2) is 0 Å². The number of nitrogens with one attached hydrogen (secondary N) is 1. The van der Waals surface area contributed by atoms with Gasteiger partial charge in [-0.15, -0.1) is 12.4 Å². The van der Waals surface area contributed by atoms with Gasteiger partial charge in [0.05, 0.1) is 12.7 Å². The molecule has 0 saturated heterocycles. The summed E-state index contributed by atoms with van der Waals surface area (Å²) >= 11 is 0. The van der Waals surface area contributed by atoms with Crippen molar-refractivity contribution in [2.45, 2.75) is 20.3 Å². The number of nitrogens with zero attached hydrogens (tertiary/aromatic N) is 1. The van der Waals surface area contributed by atoms with Crippen molar-refractivity contribution in [3.8, 4) is 0 Å². The van der Waals surface area contributed by atoms with Gasteiger partial charge >= 0.3 is 0 Å². The number of halogens is 1. The van der Waals surface area contributed by atoms with Crippen molar-refractivity contribution < 1.29 is 9.21 Å². The third kappa shape index (κ3) is 3.99. The van der Waals surface area contributed by atoms with Crippen molar-refractivity contribution in [1.29, 1.82) is 0 Å². The van der Waals surface area contributed by atoms with Gasteiger partial charge in [0.25, 0.3) is 0 Å². The van der Waals surface area contributed by atoms with Crippen LogP contribution in [0.2, 0.25) is 0 Å². The summed E-state index contributed by atoms with van der Waals surface area (Å²) in [6.45, 7) is 5.65. The lowest BCUT2D eigenvalue weighted by Gasteiger charge is -2.16. The fourth-order valence-electron chi connectivity index (χ4n) is 2.18. The summed E-state index contributed by atoms with van der Waals surface area (Å²) in [4.78, 5) is 13.9. The van der Waals surface area contributed by atoms with Gasteiger partial charge in [-0.25, -0.2) is 0 Å². The fourth-order valence-corrected chi connectivity index (χ4v) is 2.18. The molecule has 116 valence electrons. The van der Waals surface area contributed by atoms with E-state index in [0.717, 1.165) is 23.1 Å². The Kier molecular flexibility index (Phi) is 6.24. The number of amides is 1. The Hall–Kier alpha value is -1.52. The topological polar surface area (TPSA) is 45.5 Å². The molecule has 0 aliphatic heterocycles. The van der Waals surface area contributed by atoms with Crippen molar-refractivity contribution >= 4 is 29.3 Å². The molecule has 0 bridgehead atoms. The molecular formula is C16H23ClN2O2. The molecular weight excluding hydrogens is 288 g/mol. The van der Waals surface area contributed by atoms with Crippen LogP contribution in [0.1, 0.15) is 16.7 Å². The SMILES string of the molecule is CNCCN(C)C(=O)Cc1coc2cc(C)c(C)cc12.Cl. The summed E-state index contributed by atoms with van der Waals surface area (Å²) in [6.07, 6.45) is 2.09. The summed E-state index contributed by atoms with van der Waals surface area (Å²) < 4.78 is 5.56. The molecule has 2 rings (SSSR count). The minimum absolute atomic E-state index is 0. The van der Waals surface area contributed by atoms with Crippen LogP contribution in [-0.4, -0.2) is 38.0 Å². The lowest BCUT2D eigenvalue weighted by atomic mass is 10.0. The second-order valence-corrected chi connectivity index (χ2v) is 5.29. The average molecular weight is 311 g/mol. The van der Waals surface area contributed by atoms with Gasteiger partial charge in [-0.3, -0.25) is 4.79 Å². The average Bonchev–Trinajstić information content (AvgIpc) is 2.79. The molecule has 4 nitrogen and oxygen atoms in total. The van der Waals surface area contributed by atoms with Crippen LogP contribution < -0.4 is 5.32 Å². The van der Waals surface area contributed by atoms with E-state index in [0.29, 0.717) is 13.0 Å². The van der Waals surface area contributed by atoms with Crippen molar-refractivity contribution in [1.82, 2.24) is 10.2 Å². The first-order chi connectivity index (χ1) is 9.52. The summed E-state index contributed by atoms with van der Waals surface area (Å²) in [6, 6.07) is 4.13. The molecule has 0 spiro atoms. The van der Waals surface area contributed by atoms with E-state index in [9.17, 15) is 4.79 Å². The molecule has 1 heterocycles. The van der Waals surface area contributed by atoms with Crippen LogP contribution in [0.4, 0.5) is 0 Å². The normalized spacial score (nSPS) is 10.5. The van der Waals surface area contributed by atoms with E-state index in [-0.39, 0.29) is 18.3 Å². The van der Waals surface area contributed by atoms with Crippen LogP contribution in [0.5, 0.6) is 0 Å². The number of rotatable bonds is 5. The van der Waals surface area contributed by atoms with E-state index in [2.05, 4.69) is 25.2 Å². The Morgan fingerprint density at radius 1 is 1.29 bits per heavy atom. The molecule has 1 amide bonds. The van der Waals surface area contributed by atoms with Crippen molar-refractivity contribution in [3.05, 3.63) is 35.1 Å². The van der Waals surface area contributed by atoms with Gasteiger partial charge < -0.3 is 14.6 Å². The first-order valence-electron chi connectivity index (χ1n) is 6.89. The van der Waals surface area contributed by atoms with Gasteiger partial charge in [-0.2, -0.15) is 0 Å². The monoisotopic (exact) mass is 310 g/mol. The van der Waals surface area contributed by atoms with Crippen LogP contribution >= 0.6 is 12.4 Å². The number of hydrogen-bond donors (Lipinski definition) is 1. The molecule has 0 fully saturated rings. The van der Waals surface area contributed by atoms with E-state index < -0.39 is 0 Å². The van der Waals surface area contributed by atoms with Crippen LogP contribution in [0, 0.1) is 13.8 Å². The highest BCUT2D eigenvalue weighted by Crippen LogP contribution is 2.25. The maximum Gasteiger partial charge on any atom is 0.226 e. The van der Waals surface area contributed by atoms with Crippen LogP contribution in [-0.2, 0) is 11.2 Å². The number of aryl methyl sites for hydroxylation is 2. The van der Waals surface area contributed by atoms with Gasteiger partial charge in [0.2, 0.25) is 5.91 Å². The molecule has 1 aromatic carbocycles. The molecule has 0 saturated carbocycles. The molecule has 5 heteroatoms. The molecule has 0 aliphatic rings. The van der Waals surface area contributed by atoms with E-state index in [1.807, 2.05) is 20.2 Å². The van der Waals surface area contributed by atoms with Crippen LogP contribution in [0.3, 0.4) is 0 Å². The Labute approximate surface area is 131 Å². The maximum atomic E-state index is 12.2. The van der Waals surface area contributed by atoms with E-state index in [4.69, 9.17) is 4.42 Å². The number of benzene rings is 1. The lowest BCUT2D eigenvalue weighted by Crippen LogP contribution is -2.33. The summed E-state index contributed by atoms with van der Waals surface area (Å²) in [7, 11) is 3.71. The highest BCUT2D eigenvalue weighted by atomic mass is 35.5. The van der Waals surface area contributed by atoms with Crippen molar-refractivity contribution in [2.24, 2.45) is 0 Å². The van der Waals surface area contributed by atoms with E-state index in [1.165, 1.54) is 11.1 Å². The highest BCUT2D eigenvalue weighted by Gasteiger charge is 2.14. The number of carbonyl (C=O) groups excluding carboxylic acids is 1. The predicted octanol–water partition coefficient (Wildman–Crippen LogP) is 2.69. The third-order valence-electron chi connectivity index (χ3n) is 3.73. The predicted molar refractivity (Wildman–Crippen MR) is 88.2 cm³/mol. The van der Waals surface area contributed by atoms with Crippen LogP contribution in [0.15, 0.2) is 22.8 Å². The molecule has 0 radical (unpaired) electrons. The van der Waals surface area contributed by atoms with Gasteiger partial charge in [-0.05, 0) is 44.2 Å². The summed E-state index contributed by atoms with van der Waals surface area (Å²) in [5.41, 5.74) is 4.24. The Morgan fingerprint density at radius 2 is 1.95 bits per heavy atom. The van der Waals surface area contributed by atoms with Gasteiger partial charge in [0, 0.05) is 31.1 Å². The molecule has 21 heavy (non-hydrogen) atoms. The quantitative estimate of drug-likeness (QED) is 0.923. The molecule has 2 aromatic rings. The number of likely N-dealkylation sites (N-methyl/N-ethyl adjacent to an activating group) is 2. The molecule has 0 unspecified atom stereocenters. The Bertz CT molecular complexity index is 622. The number of hydrogen-bond acceptors (Lipinski definition) is 3. The van der Waals surface area contributed by atoms with E-state index >= 15 is 0 Å². The molecule has 1 aromatic heterocycles. The smallest absolute Gasteiger partial charge is 0.226 e. The maximum absolute atomic E-state index is 12.2. The minimum atomic E-state index is 0. The molecule has 0 atom stereocenters.